The molecule has 1 fully saturated rings. The fourth-order valence-electron chi connectivity index (χ4n) is 2.19. The lowest BCUT2D eigenvalue weighted by Gasteiger charge is -2.21. The third-order valence-electron chi connectivity index (χ3n) is 3.17. The molecule has 0 radical (unpaired) electrons. The van der Waals surface area contributed by atoms with Crippen LogP contribution in [-0.4, -0.2) is 33.9 Å². The van der Waals surface area contributed by atoms with Crippen LogP contribution in [0.5, 0.6) is 0 Å². The first-order valence-corrected chi connectivity index (χ1v) is 5.96. The Morgan fingerprint density at radius 3 is 3.17 bits per heavy atom. The first-order chi connectivity index (χ1) is 8.74. The van der Waals surface area contributed by atoms with Gasteiger partial charge >= 0.3 is 0 Å². The van der Waals surface area contributed by atoms with Gasteiger partial charge in [-0.3, -0.25) is 9.48 Å². The van der Waals surface area contributed by atoms with Crippen LogP contribution in [0.4, 0.5) is 0 Å². The van der Waals surface area contributed by atoms with E-state index in [1.807, 2.05) is 10.9 Å². The largest absolute Gasteiger partial charge is 0.379 e. The number of pyridine rings is 1. The maximum atomic E-state index is 11.1. The normalized spacial score (nSPS) is 20.1. The molecule has 0 aromatic carbocycles. The zero-order valence-electron chi connectivity index (χ0n) is 9.87. The summed E-state index contributed by atoms with van der Waals surface area (Å²) >= 11 is 0. The molecule has 6 nitrogen and oxygen atoms in total. The molecule has 1 unspecified atom stereocenters. The fraction of sp³-hybridized carbons (Fsp3) is 0.417. The van der Waals surface area contributed by atoms with Gasteiger partial charge in [0.05, 0.1) is 18.2 Å². The van der Waals surface area contributed by atoms with Gasteiger partial charge in [-0.15, -0.1) is 0 Å². The Morgan fingerprint density at radius 2 is 2.44 bits per heavy atom. The van der Waals surface area contributed by atoms with E-state index in [0.717, 1.165) is 24.8 Å². The van der Waals surface area contributed by atoms with Gasteiger partial charge in [0, 0.05) is 24.4 Å². The Labute approximate surface area is 104 Å². The van der Waals surface area contributed by atoms with E-state index < -0.39 is 5.91 Å². The summed E-state index contributed by atoms with van der Waals surface area (Å²) in [6.45, 7) is 1.50. The van der Waals surface area contributed by atoms with Crippen LogP contribution in [0.3, 0.4) is 0 Å². The van der Waals surface area contributed by atoms with Crippen molar-refractivity contribution in [2.45, 2.75) is 18.9 Å². The molecular formula is C12H14N4O2. The highest BCUT2D eigenvalue weighted by molar-refractivity contribution is 5.95. The quantitative estimate of drug-likeness (QED) is 0.852. The van der Waals surface area contributed by atoms with Crippen LogP contribution in [0.15, 0.2) is 18.5 Å². The van der Waals surface area contributed by atoms with Crippen molar-refractivity contribution in [1.82, 2.24) is 14.8 Å². The highest BCUT2D eigenvalue weighted by atomic mass is 16.5. The van der Waals surface area contributed by atoms with Gasteiger partial charge < -0.3 is 10.5 Å². The van der Waals surface area contributed by atoms with Crippen LogP contribution < -0.4 is 5.73 Å². The molecule has 3 rings (SSSR count). The van der Waals surface area contributed by atoms with Crippen LogP contribution in [0, 0.1) is 0 Å². The lowest BCUT2D eigenvalue weighted by atomic mass is 10.1. The Hall–Kier alpha value is -1.95. The Bertz CT molecular complexity index is 587. The lowest BCUT2D eigenvalue weighted by molar-refractivity contribution is 0.0552. The van der Waals surface area contributed by atoms with Crippen molar-refractivity contribution in [3.05, 3.63) is 24.0 Å². The Balaban J connectivity index is 1.97. The number of fused-ring (bicyclic) bond motifs is 1. The SMILES string of the molecule is NC(=O)c1cnc2nn(C3CCCOC3)cc2c1. The van der Waals surface area contributed by atoms with Crippen LogP contribution in [-0.2, 0) is 4.74 Å². The molecule has 1 saturated heterocycles. The van der Waals surface area contributed by atoms with Gasteiger partial charge in [-0.05, 0) is 18.9 Å². The summed E-state index contributed by atoms with van der Waals surface area (Å²) in [7, 11) is 0. The van der Waals surface area contributed by atoms with E-state index >= 15 is 0 Å². The van der Waals surface area contributed by atoms with E-state index in [2.05, 4.69) is 10.1 Å². The smallest absolute Gasteiger partial charge is 0.250 e. The molecule has 3 heterocycles. The second-order valence-corrected chi connectivity index (χ2v) is 4.48. The minimum absolute atomic E-state index is 0.255. The van der Waals surface area contributed by atoms with Crippen LogP contribution in [0.1, 0.15) is 29.2 Å². The molecule has 0 spiro atoms. The highest BCUT2D eigenvalue weighted by Crippen LogP contribution is 2.21. The number of hydrogen-bond donors (Lipinski definition) is 1. The summed E-state index contributed by atoms with van der Waals surface area (Å²) in [6.07, 6.45) is 5.45. The summed E-state index contributed by atoms with van der Waals surface area (Å²) in [5, 5.41) is 5.24. The molecular weight excluding hydrogens is 232 g/mol. The minimum atomic E-state index is -0.474. The van der Waals surface area contributed by atoms with E-state index in [9.17, 15) is 4.79 Å². The molecule has 1 atom stereocenters. The summed E-state index contributed by atoms with van der Waals surface area (Å²) in [6, 6.07) is 1.97. The molecule has 1 aliphatic rings. The maximum absolute atomic E-state index is 11.1. The summed E-state index contributed by atoms with van der Waals surface area (Å²) in [5.41, 5.74) is 6.26. The Morgan fingerprint density at radius 1 is 1.56 bits per heavy atom. The van der Waals surface area contributed by atoms with Gasteiger partial charge in [0.15, 0.2) is 5.65 Å². The predicted molar refractivity (Wildman–Crippen MR) is 65.1 cm³/mol. The third-order valence-corrected chi connectivity index (χ3v) is 3.17. The second kappa shape index (κ2) is 4.38. The van der Waals surface area contributed by atoms with E-state index in [4.69, 9.17) is 10.5 Å². The molecule has 94 valence electrons. The topological polar surface area (TPSA) is 83.0 Å². The maximum Gasteiger partial charge on any atom is 0.250 e. The van der Waals surface area contributed by atoms with Gasteiger partial charge in [0.25, 0.3) is 0 Å². The number of carbonyl (C=O) groups excluding carboxylic acids is 1. The average molecular weight is 246 g/mol. The van der Waals surface area contributed by atoms with Crippen molar-refractivity contribution in [3.63, 3.8) is 0 Å². The molecule has 1 aliphatic heterocycles. The van der Waals surface area contributed by atoms with Gasteiger partial charge in [-0.1, -0.05) is 0 Å². The molecule has 0 bridgehead atoms. The fourth-order valence-corrected chi connectivity index (χ4v) is 2.19. The summed E-state index contributed by atoms with van der Waals surface area (Å²) in [5.74, 6) is -0.474. The first kappa shape index (κ1) is 11.2. The number of nitrogens with two attached hydrogens (primary N) is 1. The molecule has 0 aliphatic carbocycles. The monoisotopic (exact) mass is 246 g/mol. The summed E-state index contributed by atoms with van der Waals surface area (Å²) < 4.78 is 7.32. The van der Waals surface area contributed by atoms with Crippen molar-refractivity contribution in [3.8, 4) is 0 Å². The highest BCUT2D eigenvalue weighted by Gasteiger charge is 2.17. The van der Waals surface area contributed by atoms with E-state index in [0.29, 0.717) is 17.8 Å². The number of amides is 1. The zero-order valence-corrected chi connectivity index (χ0v) is 9.87. The number of primary amides is 1. The van der Waals surface area contributed by atoms with E-state index in [1.54, 1.807) is 6.07 Å². The standard InChI is InChI=1S/C12H14N4O2/c13-11(17)8-4-9-6-16(15-12(9)14-5-8)10-2-1-3-18-7-10/h4-6,10H,1-3,7H2,(H2,13,17). The number of nitrogens with zero attached hydrogens (tertiary/aromatic N) is 3. The molecule has 2 aromatic rings. The van der Waals surface area contributed by atoms with Crippen LogP contribution in [0.25, 0.3) is 11.0 Å². The van der Waals surface area contributed by atoms with Gasteiger partial charge in [0.2, 0.25) is 5.91 Å². The van der Waals surface area contributed by atoms with Gasteiger partial charge in [-0.25, -0.2) is 4.98 Å². The van der Waals surface area contributed by atoms with Gasteiger partial charge in [-0.2, -0.15) is 5.10 Å². The van der Waals surface area contributed by atoms with Crippen LogP contribution in [0.2, 0.25) is 0 Å². The number of hydrogen-bond acceptors (Lipinski definition) is 4. The van der Waals surface area contributed by atoms with Crippen molar-refractivity contribution >= 4 is 16.9 Å². The number of rotatable bonds is 2. The van der Waals surface area contributed by atoms with Crippen molar-refractivity contribution < 1.29 is 9.53 Å². The molecule has 18 heavy (non-hydrogen) atoms. The minimum Gasteiger partial charge on any atom is -0.379 e. The molecule has 1 amide bonds. The van der Waals surface area contributed by atoms with Crippen LogP contribution >= 0.6 is 0 Å². The zero-order chi connectivity index (χ0) is 12.5. The van der Waals surface area contributed by atoms with Crippen molar-refractivity contribution in [2.24, 2.45) is 5.73 Å². The second-order valence-electron chi connectivity index (χ2n) is 4.48. The first-order valence-electron chi connectivity index (χ1n) is 5.96. The third kappa shape index (κ3) is 1.95. The molecule has 6 heteroatoms. The van der Waals surface area contributed by atoms with E-state index in [1.165, 1.54) is 6.20 Å². The predicted octanol–water partition coefficient (Wildman–Crippen LogP) is 0.882. The Kier molecular flexibility index (Phi) is 2.71. The molecule has 2 aromatic heterocycles. The van der Waals surface area contributed by atoms with Gasteiger partial charge in [0.1, 0.15) is 0 Å². The number of ether oxygens (including phenoxy) is 1. The van der Waals surface area contributed by atoms with E-state index in [-0.39, 0.29) is 6.04 Å². The van der Waals surface area contributed by atoms with Crippen molar-refractivity contribution in [1.29, 1.82) is 0 Å². The average Bonchev–Trinajstić information content (AvgIpc) is 2.82. The summed E-state index contributed by atoms with van der Waals surface area (Å²) in [4.78, 5) is 15.2. The number of carbonyl (C=O) groups is 1. The molecule has 2 N–H and O–H groups in total. The number of aromatic nitrogens is 3. The lowest BCUT2D eigenvalue weighted by Crippen LogP contribution is -2.21. The molecule has 0 saturated carbocycles. The van der Waals surface area contributed by atoms with Crippen molar-refractivity contribution in [2.75, 3.05) is 13.2 Å².